The highest BCUT2D eigenvalue weighted by Crippen LogP contribution is 2.28. The van der Waals surface area contributed by atoms with Crippen LogP contribution in [-0.4, -0.2) is 10.5 Å². The van der Waals surface area contributed by atoms with Gasteiger partial charge in [-0.05, 0) is 55.8 Å². The van der Waals surface area contributed by atoms with E-state index in [1.165, 1.54) is 9.13 Å². The zero-order valence-corrected chi connectivity index (χ0v) is 13.9. The molecule has 0 aliphatic rings. The Bertz CT molecular complexity index is 570. The SMILES string of the molecule is Cc1cccc(-c2cnc(CNC(C)(C)C)o2)c1I. The van der Waals surface area contributed by atoms with Crippen LogP contribution in [0.2, 0.25) is 0 Å². The summed E-state index contributed by atoms with van der Waals surface area (Å²) in [6.07, 6.45) is 1.80. The lowest BCUT2D eigenvalue weighted by molar-refractivity contribution is 0.383. The van der Waals surface area contributed by atoms with Crippen LogP contribution in [0.3, 0.4) is 0 Å². The van der Waals surface area contributed by atoms with Crippen molar-refractivity contribution in [1.29, 1.82) is 0 Å². The third-order valence-corrected chi connectivity index (χ3v) is 4.21. The topological polar surface area (TPSA) is 38.1 Å². The molecule has 4 heteroatoms. The molecule has 0 unspecified atom stereocenters. The summed E-state index contributed by atoms with van der Waals surface area (Å²) in [7, 11) is 0. The predicted octanol–water partition coefficient (Wildman–Crippen LogP) is 4.14. The van der Waals surface area contributed by atoms with E-state index in [0.717, 1.165) is 17.2 Å². The van der Waals surface area contributed by atoms with E-state index in [2.05, 4.69) is 72.7 Å². The first-order chi connectivity index (χ1) is 8.87. The van der Waals surface area contributed by atoms with Crippen LogP contribution in [0.4, 0.5) is 0 Å². The molecule has 0 atom stereocenters. The van der Waals surface area contributed by atoms with Gasteiger partial charge in [-0.1, -0.05) is 18.2 Å². The van der Waals surface area contributed by atoms with Crippen molar-refractivity contribution in [3.8, 4) is 11.3 Å². The van der Waals surface area contributed by atoms with Crippen LogP contribution in [0.25, 0.3) is 11.3 Å². The summed E-state index contributed by atoms with van der Waals surface area (Å²) in [5.74, 6) is 1.56. The summed E-state index contributed by atoms with van der Waals surface area (Å²) in [6.45, 7) is 9.12. The molecule has 0 fully saturated rings. The molecule has 1 aromatic carbocycles. The Morgan fingerprint density at radius 3 is 2.74 bits per heavy atom. The molecule has 0 aliphatic carbocycles. The number of rotatable bonds is 3. The second kappa shape index (κ2) is 5.63. The van der Waals surface area contributed by atoms with E-state index in [-0.39, 0.29) is 5.54 Å². The number of nitrogens with one attached hydrogen (secondary N) is 1. The molecule has 3 nitrogen and oxygen atoms in total. The molecule has 2 aromatic rings. The third-order valence-electron chi connectivity index (χ3n) is 2.78. The second-order valence-electron chi connectivity index (χ2n) is 5.66. The lowest BCUT2D eigenvalue weighted by Gasteiger charge is -2.18. The molecule has 0 spiro atoms. The molecule has 0 saturated heterocycles. The number of nitrogens with zero attached hydrogens (tertiary/aromatic N) is 1. The van der Waals surface area contributed by atoms with Gasteiger partial charge in [0, 0.05) is 14.7 Å². The first kappa shape index (κ1) is 14.5. The highest BCUT2D eigenvalue weighted by Gasteiger charge is 2.13. The van der Waals surface area contributed by atoms with E-state index < -0.39 is 0 Å². The van der Waals surface area contributed by atoms with Crippen LogP contribution < -0.4 is 5.32 Å². The quantitative estimate of drug-likeness (QED) is 0.826. The molecule has 1 N–H and O–H groups in total. The van der Waals surface area contributed by atoms with Crippen molar-refractivity contribution in [1.82, 2.24) is 10.3 Å². The molecule has 102 valence electrons. The fraction of sp³-hybridized carbons (Fsp3) is 0.400. The molecule has 0 saturated carbocycles. The monoisotopic (exact) mass is 370 g/mol. The molecular formula is C15H19IN2O. The highest BCUT2D eigenvalue weighted by molar-refractivity contribution is 14.1. The zero-order valence-electron chi connectivity index (χ0n) is 11.7. The van der Waals surface area contributed by atoms with Gasteiger partial charge >= 0.3 is 0 Å². The van der Waals surface area contributed by atoms with Gasteiger partial charge in [0.15, 0.2) is 5.76 Å². The number of hydrogen-bond donors (Lipinski definition) is 1. The van der Waals surface area contributed by atoms with Crippen LogP contribution in [0.5, 0.6) is 0 Å². The minimum atomic E-state index is 0.0619. The van der Waals surface area contributed by atoms with E-state index in [4.69, 9.17) is 4.42 Å². The third kappa shape index (κ3) is 3.79. The normalized spacial score (nSPS) is 11.8. The van der Waals surface area contributed by atoms with Crippen molar-refractivity contribution in [2.45, 2.75) is 39.8 Å². The highest BCUT2D eigenvalue weighted by atomic mass is 127. The van der Waals surface area contributed by atoms with Crippen LogP contribution in [0.15, 0.2) is 28.8 Å². The van der Waals surface area contributed by atoms with Gasteiger partial charge in [-0.15, -0.1) is 0 Å². The zero-order chi connectivity index (χ0) is 14.0. The maximum Gasteiger partial charge on any atom is 0.208 e. The summed E-state index contributed by atoms with van der Waals surface area (Å²) < 4.78 is 7.04. The van der Waals surface area contributed by atoms with Crippen molar-refractivity contribution < 1.29 is 4.42 Å². The van der Waals surface area contributed by atoms with E-state index in [9.17, 15) is 0 Å². The van der Waals surface area contributed by atoms with Crippen LogP contribution in [-0.2, 0) is 6.54 Å². The number of aryl methyl sites for hydroxylation is 1. The molecule has 0 amide bonds. The fourth-order valence-electron chi connectivity index (χ4n) is 1.70. The molecule has 1 aromatic heterocycles. The van der Waals surface area contributed by atoms with Gasteiger partial charge < -0.3 is 9.73 Å². The van der Waals surface area contributed by atoms with Crippen molar-refractivity contribution in [3.05, 3.63) is 39.4 Å². The average molecular weight is 370 g/mol. The van der Waals surface area contributed by atoms with Crippen LogP contribution in [0, 0.1) is 10.5 Å². The number of benzene rings is 1. The Morgan fingerprint density at radius 1 is 1.32 bits per heavy atom. The summed E-state index contributed by atoms with van der Waals surface area (Å²) in [5, 5.41) is 3.37. The lowest BCUT2D eigenvalue weighted by Crippen LogP contribution is -2.35. The van der Waals surface area contributed by atoms with Crippen molar-refractivity contribution in [2.24, 2.45) is 0 Å². The summed E-state index contributed by atoms with van der Waals surface area (Å²) in [5.41, 5.74) is 2.42. The Labute approximate surface area is 128 Å². The van der Waals surface area contributed by atoms with Crippen LogP contribution >= 0.6 is 22.6 Å². The number of oxazole rings is 1. The molecule has 1 heterocycles. The fourth-order valence-corrected chi connectivity index (χ4v) is 2.32. The minimum Gasteiger partial charge on any atom is -0.439 e. The first-order valence-electron chi connectivity index (χ1n) is 6.32. The standard InChI is InChI=1S/C15H19IN2O/c1-10-6-5-7-11(14(10)16)12-8-17-13(19-12)9-18-15(2,3)4/h5-8,18H,9H2,1-4H3. The molecular weight excluding hydrogens is 351 g/mol. The molecule has 2 rings (SSSR count). The van der Waals surface area contributed by atoms with Crippen molar-refractivity contribution in [2.75, 3.05) is 0 Å². The number of aromatic nitrogens is 1. The van der Waals surface area contributed by atoms with Gasteiger partial charge in [-0.3, -0.25) is 0 Å². The lowest BCUT2D eigenvalue weighted by atomic mass is 10.1. The Balaban J connectivity index is 2.19. The molecule has 0 aliphatic heterocycles. The van der Waals surface area contributed by atoms with E-state index in [1.807, 2.05) is 6.07 Å². The van der Waals surface area contributed by atoms with Gasteiger partial charge in [0.1, 0.15) is 0 Å². The van der Waals surface area contributed by atoms with Crippen molar-refractivity contribution in [3.63, 3.8) is 0 Å². The number of halogens is 1. The summed E-state index contributed by atoms with van der Waals surface area (Å²) in [4.78, 5) is 4.33. The maximum absolute atomic E-state index is 5.82. The van der Waals surface area contributed by atoms with E-state index >= 15 is 0 Å². The van der Waals surface area contributed by atoms with Gasteiger partial charge in [-0.25, -0.2) is 4.98 Å². The van der Waals surface area contributed by atoms with Gasteiger partial charge in [0.25, 0.3) is 0 Å². The minimum absolute atomic E-state index is 0.0619. The summed E-state index contributed by atoms with van der Waals surface area (Å²) in [6, 6.07) is 6.21. The van der Waals surface area contributed by atoms with E-state index in [0.29, 0.717) is 6.54 Å². The van der Waals surface area contributed by atoms with Gasteiger partial charge in [0.2, 0.25) is 5.89 Å². The molecule has 0 radical (unpaired) electrons. The van der Waals surface area contributed by atoms with Gasteiger partial charge in [0.05, 0.1) is 12.7 Å². The smallest absolute Gasteiger partial charge is 0.208 e. The molecule has 19 heavy (non-hydrogen) atoms. The number of hydrogen-bond acceptors (Lipinski definition) is 3. The summed E-state index contributed by atoms with van der Waals surface area (Å²) >= 11 is 2.35. The largest absolute Gasteiger partial charge is 0.439 e. The second-order valence-corrected chi connectivity index (χ2v) is 6.74. The van der Waals surface area contributed by atoms with Crippen molar-refractivity contribution >= 4 is 22.6 Å². The average Bonchev–Trinajstić information content (AvgIpc) is 2.78. The first-order valence-corrected chi connectivity index (χ1v) is 7.40. The Morgan fingerprint density at radius 2 is 2.05 bits per heavy atom. The van der Waals surface area contributed by atoms with Crippen LogP contribution in [0.1, 0.15) is 32.2 Å². The van der Waals surface area contributed by atoms with E-state index in [1.54, 1.807) is 6.20 Å². The van der Waals surface area contributed by atoms with Gasteiger partial charge in [-0.2, -0.15) is 0 Å². The Hall–Kier alpha value is -0.880. The molecule has 0 bridgehead atoms. The predicted molar refractivity (Wildman–Crippen MR) is 86.0 cm³/mol. The maximum atomic E-state index is 5.82. The Kier molecular flexibility index (Phi) is 4.30.